The minimum atomic E-state index is -0.580. The highest BCUT2D eigenvalue weighted by Crippen LogP contribution is 2.34. The van der Waals surface area contributed by atoms with E-state index in [1.165, 1.54) is 12.3 Å². The normalized spacial score (nSPS) is 19.8. The van der Waals surface area contributed by atoms with E-state index in [1.807, 2.05) is 30.3 Å². The molecule has 2 atom stereocenters. The molecular weight excluding hydrogens is 306 g/mol. The number of methoxy groups -OCH3 is 1. The second-order valence-corrected chi connectivity index (χ2v) is 5.68. The Balaban J connectivity index is 1.89. The number of nitrogens with zero attached hydrogens (tertiary/aromatic N) is 3. The Morgan fingerprint density at radius 1 is 1.42 bits per heavy atom. The number of nitriles is 1. The number of β-amino-alcohol motifs (C(OH)–C–C–N with tert-alkyl or cyclic N) is 1. The lowest BCUT2D eigenvalue weighted by Gasteiger charge is -2.24. The van der Waals surface area contributed by atoms with Crippen molar-refractivity contribution in [3.8, 4) is 11.8 Å². The number of carbonyl (C=O) groups excluding carboxylic acids is 1. The second-order valence-electron chi connectivity index (χ2n) is 5.68. The molecule has 0 bridgehead atoms. The molecule has 0 saturated carbocycles. The van der Waals surface area contributed by atoms with Gasteiger partial charge >= 0.3 is 0 Å². The molecule has 2 heterocycles. The van der Waals surface area contributed by atoms with Crippen molar-refractivity contribution in [2.24, 2.45) is 0 Å². The zero-order valence-corrected chi connectivity index (χ0v) is 13.2. The first kappa shape index (κ1) is 16.0. The molecule has 0 spiro atoms. The van der Waals surface area contributed by atoms with Gasteiger partial charge in [0, 0.05) is 12.7 Å². The zero-order valence-electron chi connectivity index (χ0n) is 13.2. The van der Waals surface area contributed by atoms with Gasteiger partial charge in [0.1, 0.15) is 17.5 Å². The summed E-state index contributed by atoms with van der Waals surface area (Å²) in [6, 6.07) is 12.3. The van der Waals surface area contributed by atoms with Crippen molar-refractivity contribution in [1.82, 2.24) is 9.88 Å². The van der Waals surface area contributed by atoms with Crippen molar-refractivity contribution in [3.63, 3.8) is 0 Å². The van der Waals surface area contributed by atoms with Crippen molar-refractivity contribution in [1.29, 1.82) is 5.26 Å². The van der Waals surface area contributed by atoms with E-state index in [9.17, 15) is 9.90 Å². The molecule has 1 fully saturated rings. The van der Waals surface area contributed by atoms with E-state index in [2.05, 4.69) is 4.98 Å². The average Bonchev–Trinajstić information content (AvgIpc) is 3.03. The van der Waals surface area contributed by atoms with Crippen molar-refractivity contribution in [3.05, 3.63) is 59.4 Å². The van der Waals surface area contributed by atoms with Crippen LogP contribution in [0.4, 0.5) is 0 Å². The molecule has 24 heavy (non-hydrogen) atoms. The van der Waals surface area contributed by atoms with Crippen LogP contribution < -0.4 is 4.74 Å². The van der Waals surface area contributed by atoms with Gasteiger partial charge in [0.15, 0.2) is 0 Å². The third-order valence-electron chi connectivity index (χ3n) is 4.13. The van der Waals surface area contributed by atoms with Crippen molar-refractivity contribution in [2.75, 3.05) is 13.7 Å². The van der Waals surface area contributed by atoms with Crippen LogP contribution in [-0.2, 0) is 0 Å². The van der Waals surface area contributed by atoms with Crippen LogP contribution >= 0.6 is 0 Å². The molecule has 1 N–H and O–H groups in total. The highest BCUT2D eigenvalue weighted by Gasteiger charge is 2.36. The van der Waals surface area contributed by atoms with Crippen molar-refractivity contribution >= 4 is 5.91 Å². The van der Waals surface area contributed by atoms with Gasteiger partial charge in [0.25, 0.3) is 5.91 Å². The van der Waals surface area contributed by atoms with Crippen LogP contribution in [0.1, 0.15) is 34.1 Å². The molecule has 2 aromatic rings. The van der Waals surface area contributed by atoms with Crippen LogP contribution in [0.15, 0.2) is 42.6 Å². The second kappa shape index (κ2) is 6.69. The average molecular weight is 323 g/mol. The van der Waals surface area contributed by atoms with Crippen LogP contribution in [0.2, 0.25) is 0 Å². The fourth-order valence-electron chi connectivity index (χ4n) is 2.94. The molecule has 1 aromatic carbocycles. The Labute approximate surface area is 139 Å². The number of carbonyl (C=O) groups is 1. The first-order valence-electron chi connectivity index (χ1n) is 7.61. The molecule has 1 saturated heterocycles. The number of benzene rings is 1. The Kier molecular flexibility index (Phi) is 4.45. The molecule has 1 aliphatic rings. The van der Waals surface area contributed by atoms with Gasteiger partial charge in [0.2, 0.25) is 0 Å². The number of ether oxygens (including phenoxy) is 1. The van der Waals surface area contributed by atoms with Gasteiger partial charge in [-0.05, 0) is 36.2 Å². The van der Waals surface area contributed by atoms with E-state index in [0.717, 1.165) is 5.56 Å². The zero-order chi connectivity index (χ0) is 17.1. The summed E-state index contributed by atoms with van der Waals surface area (Å²) in [4.78, 5) is 18.4. The van der Waals surface area contributed by atoms with E-state index < -0.39 is 6.10 Å². The Bertz CT molecular complexity index is 783. The largest absolute Gasteiger partial charge is 0.497 e. The van der Waals surface area contributed by atoms with Crippen LogP contribution in [-0.4, -0.2) is 40.7 Å². The standard InChI is InChI=1S/C18H17N3O3/c1-24-15-4-2-3-13(7-15)17-8-14(22)11-21(17)18(23)16-6-5-12(9-19)10-20-16/h2-7,10,14,17,22H,8,11H2,1H3/t14-,17-/m0/s1. The summed E-state index contributed by atoms with van der Waals surface area (Å²) >= 11 is 0. The summed E-state index contributed by atoms with van der Waals surface area (Å²) < 4.78 is 5.24. The molecule has 6 heteroatoms. The fraction of sp³-hybridized carbons (Fsp3) is 0.278. The summed E-state index contributed by atoms with van der Waals surface area (Å²) in [5.41, 5.74) is 1.57. The number of rotatable bonds is 3. The van der Waals surface area contributed by atoms with E-state index in [-0.39, 0.29) is 24.2 Å². The van der Waals surface area contributed by atoms with Crippen LogP contribution in [0.3, 0.4) is 0 Å². The minimum absolute atomic E-state index is 0.236. The van der Waals surface area contributed by atoms with Crippen molar-refractivity contribution < 1.29 is 14.6 Å². The predicted octanol–water partition coefficient (Wildman–Crippen LogP) is 1.91. The fourth-order valence-corrected chi connectivity index (χ4v) is 2.94. The number of aromatic nitrogens is 1. The molecule has 0 aliphatic carbocycles. The summed E-state index contributed by atoms with van der Waals surface area (Å²) in [5, 5.41) is 18.9. The smallest absolute Gasteiger partial charge is 0.273 e. The quantitative estimate of drug-likeness (QED) is 0.932. The van der Waals surface area contributed by atoms with E-state index in [1.54, 1.807) is 18.1 Å². The number of hydrogen-bond donors (Lipinski definition) is 1. The maximum atomic E-state index is 12.8. The van der Waals surface area contributed by atoms with Gasteiger partial charge in [-0.1, -0.05) is 12.1 Å². The monoisotopic (exact) mass is 323 g/mol. The van der Waals surface area contributed by atoms with Gasteiger partial charge in [-0.25, -0.2) is 4.98 Å². The lowest BCUT2D eigenvalue weighted by atomic mass is 10.0. The third kappa shape index (κ3) is 3.07. The molecule has 0 unspecified atom stereocenters. The number of aliphatic hydroxyl groups is 1. The highest BCUT2D eigenvalue weighted by atomic mass is 16.5. The SMILES string of the molecule is COc1cccc([C@@H]2C[C@H](O)CN2C(=O)c2ccc(C#N)cn2)c1. The minimum Gasteiger partial charge on any atom is -0.497 e. The van der Waals surface area contributed by atoms with Gasteiger partial charge in [-0.2, -0.15) is 5.26 Å². The van der Waals surface area contributed by atoms with Gasteiger partial charge in [0.05, 0.1) is 24.8 Å². The molecule has 3 rings (SSSR count). The maximum Gasteiger partial charge on any atom is 0.273 e. The lowest BCUT2D eigenvalue weighted by Crippen LogP contribution is -2.32. The molecular formula is C18H17N3O3. The van der Waals surface area contributed by atoms with E-state index in [4.69, 9.17) is 10.00 Å². The highest BCUT2D eigenvalue weighted by molar-refractivity contribution is 5.93. The van der Waals surface area contributed by atoms with E-state index in [0.29, 0.717) is 17.7 Å². The van der Waals surface area contributed by atoms with Crippen molar-refractivity contribution in [2.45, 2.75) is 18.6 Å². The Hall–Kier alpha value is -2.91. The Morgan fingerprint density at radius 2 is 2.25 bits per heavy atom. The van der Waals surface area contributed by atoms with Crippen LogP contribution in [0.5, 0.6) is 5.75 Å². The summed E-state index contributed by atoms with van der Waals surface area (Å²) in [7, 11) is 1.59. The molecule has 1 aromatic heterocycles. The molecule has 0 radical (unpaired) electrons. The summed E-state index contributed by atoms with van der Waals surface area (Å²) in [6.07, 6.45) is 1.26. The first-order valence-corrected chi connectivity index (χ1v) is 7.61. The summed E-state index contributed by atoms with van der Waals surface area (Å²) in [6.45, 7) is 0.252. The van der Waals surface area contributed by atoms with Gasteiger partial charge in [-0.3, -0.25) is 4.79 Å². The van der Waals surface area contributed by atoms with Gasteiger partial charge in [-0.15, -0.1) is 0 Å². The first-order chi connectivity index (χ1) is 11.6. The topological polar surface area (TPSA) is 86.5 Å². The number of aliphatic hydroxyl groups excluding tert-OH is 1. The van der Waals surface area contributed by atoms with Crippen LogP contribution in [0, 0.1) is 11.3 Å². The third-order valence-corrected chi connectivity index (χ3v) is 4.13. The molecule has 6 nitrogen and oxygen atoms in total. The number of pyridine rings is 1. The number of hydrogen-bond acceptors (Lipinski definition) is 5. The number of amides is 1. The predicted molar refractivity (Wildman–Crippen MR) is 86.3 cm³/mol. The molecule has 1 amide bonds. The van der Waals surface area contributed by atoms with Gasteiger partial charge < -0.3 is 14.7 Å². The molecule has 1 aliphatic heterocycles. The Morgan fingerprint density at radius 3 is 2.92 bits per heavy atom. The van der Waals surface area contributed by atoms with Crippen LogP contribution in [0.25, 0.3) is 0 Å². The van der Waals surface area contributed by atoms with E-state index >= 15 is 0 Å². The maximum absolute atomic E-state index is 12.8. The lowest BCUT2D eigenvalue weighted by molar-refractivity contribution is 0.0709. The number of likely N-dealkylation sites (tertiary alicyclic amines) is 1. The molecule has 122 valence electrons. The summed E-state index contributed by atoms with van der Waals surface area (Å²) in [5.74, 6) is 0.446.